The Labute approximate surface area is 139 Å². The number of amides is 3. The molecule has 1 aliphatic heterocycles. The Kier molecular flexibility index (Phi) is 4.46. The van der Waals surface area contributed by atoms with E-state index in [4.69, 9.17) is 0 Å². The number of halogens is 1. The molecule has 24 heavy (non-hydrogen) atoms. The van der Waals surface area contributed by atoms with Crippen LogP contribution in [0.2, 0.25) is 0 Å². The lowest BCUT2D eigenvalue weighted by molar-refractivity contribution is -0.118. The molecule has 0 atom stereocenters. The molecule has 0 bridgehead atoms. The number of para-hydroxylation sites is 1. The molecule has 3 amide bonds. The SMILES string of the molecule is CCN1C(=O)CCc2cc(NC(=O)Nc3ccccc3F)ccc21. The van der Waals surface area contributed by atoms with Gasteiger partial charge in [0.25, 0.3) is 0 Å². The van der Waals surface area contributed by atoms with Gasteiger partial charge in [0, 0.05) is 24.3 Å². The van der Waals surface area contributed by atoms with Crippen molar-refractivity contribution in [2.45, 2.75) is 19.8 Å². The zero-order valence-electron chi connectivity index (χ0n) is 13.3. The summed E-state index contributed by atoms with van der Waals surface area (Å²) in [5, 5.41) is 5.17. The standard InChI is InChI=1S/C18H18FN3O2/c1-2-22-16-9-8-13(11-12(16)7-10-17(22)23)20-18(24)21-15-6-4-3-5-14(15)19/h3-6,8-9,11H,2,7,10H2,1H3,(H2,20,21,24). The molecule has 3 rings (SSSR count). The van der Waals surface area contributed by atoms with Crippen molar-refractivity contribution in [2.75, 3.05) is 22.1 Å². The Morgan fingerprint density at radius 2 is 1.96 bits per heavy atom. The van der Waals surface area contributed by atoms with Crippen LogP contribution in [-0.2, 0) is 11.2 Å². The van der Waals surface area contributed by atoms with E-state index in [0.29, 0.717) is 25.1 Å². The van der Waals surface area contributed by atoms with Gasteiger partial charge >= 0.3 is 6.03 Å². The van der Waals surface area contributed by atoms with Crippen LogP contribution >= 0.6 is 0 Å². The number of carbonyl (C=O) groups is 2. The average molecular weight is 327 g/mol. The lowest BCUT2D eigenvalue weighted by Crippen LogP contribution is -2.34. The van der Waals surface area contributed by atoms with Gasteiger partial charge in [0.15, 0.2) is 0 Å². The van der Waals surface area contributed by atoms with Gasteiger partial charge in [-0.3, -0.25) is 4.79 Å². The van der Waals surface area contributed by atoms with Crippen molar-refractivity contribution in [3.63, 3.8) is 0 Å². The lowest BCUT2D eigenvalue weighted by atomic mass is 10.0. The Morgan fingerprint density at radius 3 is 2.71 bits per heavy atom. The van der Waals surface area contributed by atoms with Gasteiger partial charge in [-0.1, -0.05) is 12.1 Å². The zero-order chi connectivity index (χ0) is 17.1. The maximum Gasteiger partial charge on any atom is 0.323 e. The van der Waals surface area contributed by atoms with E-state index in [2.05, 4.69) is 10.6 Å². The number of carbonyl (C=O) groups excluding carboxylic acids is 2. The van der Waals surface area contributed by atoms with Crippen molar-refractivity contribution < 1.29 is 14.0 Å². The molecule has 0 unspecified atom stereocenters. The van der Waals surface area contributed by atoms with Gasteiger partial charge in [0.2, 0.25) is 5.91 Å². The second-order valence-corrected chi connectivity index (χ2v) is 5.54. The second-order valence-electron chi connectivity index (χ2n) is 5.54. The molecule has 0 radical (unpaired) electrons. The number of aryl methyl sites for hydroxylation is 1. The fourth-order valence-corrected chi connectivity index (χ4v) is 2.83. The summed E-state index contributed by atoms with van der Waals surface area (Å²) < 4.78 is 13.6. The summed E-state index contributed by atoms with van der Waals surface area (Å²) in [5.41, 5.74) is 2.62. The summed E-state index contributed by atoms with van der Waals surface area (Å²) in [5.74, 6) is -0.377. The molecule has 2 aromatic carbocycles. The summed E-state index contributed by atoms with van der Waals surface area (Å²) in [6, 6.07) is 10.9. The predicted molar refractivity (Wildman–Crippen MR) is 91.8 cm³/mol. The average Bonchev–Trinajstić information content (AvgIpc) is 2.57. The van der Waals surface area contributed by atoms with Crippen molar-refractivity contribution in [3.8, 4) is 0 Å². The van der Waals surface area contributed by atoms with Crippen molar-refractivity contribution in [1.82, 2.24) is 0 Å². The van der Waals surface area contributed by atoms with Gasteiger partial charge in [-0.05, 0) is 49.2 Å². The van der Waals surface area contributed by atoms with Crippen LogP contribution in [0.15, 0.2) is 42.5 Å². The van der Waals surface area contributed by atoms with Crippen LogP contribution in [0.4, 0.5) is 26.2 Å². The molecule has 0 fully saturated rings. The molecule has 6 heteroatoms. The second kappa shape index (κ2) is 6.70. The molecule has 0 aliphatic carbocycles. The number of fused-ring (bicyclic) bond motifs is 1. The number of hydrogen-bond donors (Lipinski definition) is 2. The molecule has 5 nitrogen and oxygen atoms in total. The quantitative estimate of drug-likeness (QED) is 0.901. The van der Waals surface area contributed by atoms with Crippen LogP contribution in [0.25, 0.3) is 0 Å². The van der Waals surface area contributed by atoms with E-state index in [9.17, 15) is 14.0 Å². The first-order valence-electron chi connectivity index (χ1n) is 7.84. The predicted octanol–water partition coefficient (Wildman–Crippen LogP) is 3.77. The third kappa shape index (κ3) is 3.22. The Hall–Kier alpha value is -2.89. The normalized spacial score (nSPS) is 13.4. The van der Waals surface area contributed by atoms with E-state index < -0.39 is 11.8 Å². The number of nitrogens with one attached hydrogen (secondary N) is 2. The fourth-order valence-electron chi connectivity index (χ4n) is 2.83. The summed E-state index contributed by atoms with van der Waals surface area (Å²) in [6.07, 6.45) is 1.11. The number of hydrogen-bond acceptors (Lipinski definition) is 2. The lowest BCUT2D eigenvalue weighted by Gasteiger charge is -2.28. The summed E-state index contributed by atoms with van der Waals surface area (Å²) in [6.45, 7) is 2.55. The molecule has 1 heterocycles. The molecule has 0 saturated carbocycles. The number of nitrogens with zero attached hydrogens (tertiary/aromatic N) is 1. The minimum absolute atomic E-state index is 0.114. The Bertz CT molecular complexity index is 792. The van der Waals surface area contributed by atoms with Gasteiger partial charge in [-0.15, -0.1) is 0 Å². The van der Waals surface area contributed by atoms with E-state index >= 15 is 0 Å². The van der Waals surface area contributed by atoms with Crippen molar-refractivity contribution in [2.24, 2.45) is 0 Å². The molecule has 0 aromatic heterocycles. The van der Waals surface area contributed by atoms with Gasteiger partial charge in [-0.2, -0.15) is 0 Å². The van der Waals surface area contributed by atoms with Gasteiger partial charge in [0.05, 0.1) is 5.69 Å². The highest BCUT2D eigenvalue weighted by Gasteiger charge is 2.22. The van der Waals surface area contributed by atoms with Crippen LogP contribution in [0.3, 0.4) is 0 Å². The van der Waals surface area contributed by atoms with E-state index in [1.54, 1.807) is 23.1 Å². The van der Waals surface area contributed by atoms with Crippen LogP contribution in [-0.4, -0.2) is 18.5 Å². The Balaban J connectivity index is 1.73. The third-order valence-electron chi connectivity index (χ3n) is 3.98. The van der Waals surface area contributed by atoms with Crippen LogP contribution in [0, 0.1) is 5.82 Å². The number of urea groups is 1. The monoisotopic (exact) mass is 327 g/mol. The summed E-state index contributed by atoms with van der Waals surface area (Å²) in [4.78, 5) is 25.7. The van der Waals surface area contributed by atoms with E-state index in [-0.39, 0.29) is 11.6 Å². The molecule has 1 aliphatic rings. The first-order chi connectivity index (χ1) is 11.6. The van der Waals surface area contributed by atoms with Crippen LogP contribution in [0.1, 0.15) is 18.9 Å². The van der Waals surface area contributed by atoms with E-state index in [0.717, 1.165) is 11.3 Å². The molecule has 0 saturated heterocycles. The molecule has 2 N–H and O–H groups in total. The highest BCUT2D eigenvalue weighted by atomic mass is 19.1. The number of benzene rings is 2. The highest BCUT2D eigenvalue weighted by molar-refractivity contribution is 6.01. The maximum absolute atomic E-state index is 13.6. The van der Waals surface area contributed by atoms with Gasteiger partial charge in [0.1, 0.15) is 5.82 Å². The molecule has 2 aromatic rings. The van der Waals surface area contributed by atoms with Crippen molar-refractivity contribution in [1.29, 1.82) is 0 Å². The van der Waals surface area contributed by atoms with E-state index in [1.165, 1.54) is 12.1 Å². The number of anilines is 3. The number of rotatable bonds is 3. The summed E-state index contributed by atoms with van der Waals surface area (Å²) in [7, 11) is 0. The summed E-state index contributed by atoms with van der Waals surface area (Å²) >= 11 is 0. The van der Waals surface area contributed by atoms with Crippen LogP contribution < -0.4 is 15.5 Å². The van der Waals surface area contributed by atoms with Crippen molar-refractivity contribution >= 4 is 29.0 Å². The highest BCUT2D eigenvalue weighted by Crippen LogP contribution is 2.30. The van der Waals surface area contributed by atoms with E-state index in [1.807, 2.05) is 19.1 Å². The molecule has 124 valence electrons. The zero-order valence-corrected chi connectivity index (χ0v) is 13.3. The third-order valence-corrected chi connectivity index (χ3v) is 3.98. The fraction of sp³-hybridized carbons (Fsp3) is 0.222. The maximum atomic E-state index is 13.6. The Morgan fingerprint density at radius 1 is 1.17 bits per heavy atom. The molecular formula is C18H18FN3O2. The topological polar surface area (TPSA) is 61.4 Å². The molecule has 0 spiro atoms. The minimum Gasteiger partial charge on any atom is -0.312 e. The van der Waals surface area contributed by atoms with Crippen LogP contribution in [0.5, 0.6) is 0 Å². The van der Waals surface area contributed by atoms with Gasteiger partial charge in [-0.25, -0.2) is 9.18 Å². The minimum atomic E-state index is -0.515. The first-order valence-corrected chi connectivity index (χ1v) is 7.84. The van der Waals surface area contributed by atoms with Crippen molar-refractivity contribution in [3.05, 3.63) is 53.8 Å². The van der Waals surface area contributed by atoms with Gasteiger partial charge < -0.3 is 15.5 Å². The smallest absolute Gasteiger partial charge is 0.312 e. The largest absolute Gasteiger partial charge is 0.323 e. The molecular weight excluding hydrogens is 309 g/mol. The first kappa shape index (κ1) is 16.0.